The van der Waals surface area contributed by atoms with Crippen LogP contribution in [0.15, 0.2) is 30.3 Å². The molecule has 1 aromatic carbocycles. The van der Waals surface area contributed by atoms with Gasteiger partial charge in [-0.3, -0.25) is 4.57 Å². The molecule has 1 rings (SSSR count). The van der Waals surface area contributed by atoms with E-state index in [2.05, 4.69) is 0 Å². The number of benzene rings is 1. The first-order valence-electron chi connectivity index (χ1n) is 6.29. The molecule has 0 aliphatic heterocycles. The average molecular weight is 319 g/mol. The van der Waals surface area contributed by atoms with Gasteiger partial charge in [-0.15, -0.1) is 0 Å². The minimum Gasteiger partial charge on any atom is -0.324 e. The summed E-state index contributed by atoms with van der Waals surface area (Å²) in [5.74, 6) is -0.466. The van der Waals surface area contributed by atoms with E-state index in [1.807, 2.05) is 45.3 Å². The second-order valence-corrected chi connectivity index (χ2v) is 7.58. The quantitative estimate of drug-likeness (QED) is 0.819. The van der Waals surface area contributed by atoms with E-state index >= 15 is 0 Å². The molecule has 6 heteroatoms. The van der Waals surface area contributed by atoms with Gasteiger partial charge in [0, 0.05) is 20.3 Å². The van der Waals surface area contributed by atoms with E-state index < -0.39 is 13.4 Å². The largest absolute Gasteiger partial charge is 0.391 e. The lowest BCUT2D eigenvalue weighted by Crippen LogP contribution is -3.09. The Hall–Kier alpha value is -0.640. The summed E-state index contributed by atoms with van der Waals surface area (Å²) in [5.41, 5.74) is 2.04. The van der Waals surface area contributed by atoms with Gasteiger partial charge in [0.2, 0.25) is 5.78 Å². The Labute approximate surface area is 125 Å². The molecule has 0 aliphatic rings. The zero-order valence-electron chi connectivity index (χ0n) is 12.5. The molecule has 0 spiro atoms. The SMILES string of the molecule is COP(=O)(OC)[C@H](/C=C(\Cl)c1ccc(C)cc1)[NH+](C)C. The molecular weight excluding hydrogens is 297 g/mol. The van der Waals surface area contributed by atoms with Gasteiger partial charge in [-0.1, -0.05) is 41.4 Å². The van der Waals surface area contributed by atoms with Crippen molar-refractivity contribution < 1.29 is 18.5 Å². The molecule has 0 bridgehead atoms. The summed E-state index contributed by atoms with van der Waals surface area (Å²) in [6.45, 7) is 2.01. The van der Waals surface area contributed by atoms with Gasteiger partial charge >= 0.3 is 7.60 Å². The van der Waals surface area contributed by atoms with Crippen molar-refractivity contribution in [3.8, 4) is 0 Å². The molecule has 4 nitrogen and oxygen atoms in total. The fourth-order valence-electron chi connectivity index (χ4n) is 1.82. The van der Waals surface area contributed by atoms with E-state index in [0.717, 1.165) is 16.0 Å². The Morgan fingerprint density at radius 3 is 2.15 bits per heavy atom. The number of quaternary nitrogens is 1. The van der Waals surface area contributed by atoms with Crippen molar-refractivity contribution in [1.82, 2.24) is 0 Å². The van der Waals surface area contributed by atoms with E-state index in [1.54, 1.807) is 6.08 Å². The van der Waals surface area contributed by atoms with Crippen LogP contribution in [0.5, 0.6) is 0 Å². The summed E-state index contributed by atoms with van der Waals surface area (Å²) >= 11 is 6.33. The number of aryl methyl sites for hydroxylation is 1. The zero-order valence-corrected chi connectivity index (χ0v) is 14.2. The highest BCUT2D eigenvalue weighted by molar-refractivity contribution is 7.54. The molecule has 1 atom stereocenters. The fourth-order valence-corrected chi connectivity index (χ4v) is 3.73. The van der Waals surface area contributed by atoms with Crippen LogP contribution in [0.1, 0.15) is 11.1 Å². The van der Waals surface area contributed by atoms with Crippen molar-refractivity contribution in [1.29, 1.82) is 0 Å². The highest BCUT2D eigenvalue weighted by Gasteiger charge is 2.38. The summed E-state index contributed by atoms with van der Waals surface area (Å²) in [7, 11) is 3.30. The number of hydrogen-bond acceptors (Lipinski definition) is 3. The monoisotopic (exact) mass is 318 g/mol. The molecular formula is C14H22ClNO3P+. The van der Waals surface area contributed by atoms with Gasteiger partial charge in [0.05, 0.1) is 19.1 Å². The van der Waals surface area contributed by atoms with Crippen molar-refractivity contribution in [2.24, 2.45) is 0 Å². The van der Waals surface area contributed by atoms with Crippen LogP contribution in [0.25, 0.3) is 5.03 Å². The van der Waals surface area contributed by atoms with Gasteiger partial charge in [-0.2, -0.15) is 0 Å². The van der Waals surface area contributed by atoms with Crippen LogP contribution in [-0.4, -0.2) is 34.1 Å². The van der Waals surface area contributed by atoms with Gasteiger partial charge in [0.1, 0.15) is 0 Å². The third-order valence-corrected chi connectivity index (χ3v) is 5.78. The second-order valence-electron chi connectivity index (χ2n) is 4.81. The molecule has 0 amide bonds. The molecule has 112 valence electrons. The van der Waals surface area contributed by atoms with Crippen LogP contribution in [0, 0.1) is 6.92 Å². The Morgan fingerprint density at radius 2 is 1.75 bits per heavy atom. The van der Waals surface area contributed by atoms with E-state index in [-0.39, 0.29) is 0 Å². The summed E-state index contributed by atoms with van der Waals surface area (Å²) in [6.07, 6.45) is 1.73. The summed E-state index contributed by atoms with van der Waals surface area (Å²) in [4.78, 5) is 0.919. The Kier molecular flexibility index (Phi) is 6.44. The number of rotatable bonds is 6. The van der Waals surface area contributed by atoms with Crippen LogP contribution in [-0.2, 0) is 13.6 Å². The standard InChI is InChI=1S/C14H21ClNO3P/c1-11-6-8-12(9-7-11)13(15)10-14(16(2)3)20(17,18-4)19-5/h6-10,14H,1-5H3/p+1/b13-10-/t14-/m1/s1. The minimum atomic E-state index is -3.23. The number of likely N-dealkylation sites (N-methyl/N-ethyl adjacent to an activating group) is 1. The van der Waals surface area contributed by atoms with Crippen LogP contribution in [0.3, 0.4) is 0 Å². The topological polar surface area (TPSA) is 40.0 Å². The molecule has 20 heavy (non-hydrogen) atoms. The first kappa shape index (κ1) is 17.4. The molecule has 1 aromatic rings. The maximum absolute atomic E-state index is 12.5. The highest BCUT2D eigenvalue weighted by Crippen LogP contribution is 2.50. The smallest absolute Gasteiger partial charge is 0.324 e. The predicted octanol–water partition coefficient (Wildman–Crippen LogP) is 2.53. The fraction of sp³-hybridized carbons (Fsp3) is 0.429. The van der Waals surface area contributed by atoms with Crippen molar-refractivity contribution in [2.75, 3.05) is 28.3 Å². The molecule has 0 saturated heterocycles. The van der Waals surface area contributed by atoms with Crippen LogP contribution in [0.2, 0.25) is 0 Å². The summed E-state index contributed by atoms with van der Waals surface area (Å²) in [5, 5.41) is 0.533. The van der Waals surface area contributed by atoms with Gasteiger partial charge in [-0.05, 0) is 12.5 Å². The van der Waals surface area contributed by atoms with Gasteiger partial charge in [-0.25, -0.2) is 0 Å². The average Bonchev–Trinajstić information content (AvgIpc) is 2.44. The van der Waals surface area contributed by atoms with Gasteiger partial charge in [0.15, 0.2) is 0 Å². The lowest BCUT2D eigenvalue weighted by atomic mass is 10.1. The first-order chi connectivity index (χ1) is 9.34. The van der Waals surface area contributed by atoms with Crippen molar-refractivity contribution in [3.05, 3.63) is 41.5 Å². The van der Waals surface area contributed by atoms with Gasteiger partial charge < -0.3 is 13.9 Å². The molecule has 0 saturated carbocycles. The molecule has 0 radical (unpaired) electrons. The maximum atomic E-state index is 12.5. The zero-order chi connectivity index (χ0) is 15.3. The lowest BCUT2D eigenvalue weighted by Gasteiger charge is -2.24. The van der Waals surface area contributed by atoms with Crippen molar-refractivity contribution >= 4 is 24.2 Å². The van der Waals surface area contributed by atoms with E-state index in [9.17, 15) is 4.57 Å². The maximum Gasteiger partial charge on any atom is 0.391 e. The summed E-state index contributed by atoms with van der Waals surface area (Å²) < 4.78 is 22.7. The Balaban J connectivity index is 3.14. The van der Waals surface area contributed by atoms with E-state index in [1.165, 1.54) is 14.2 Å². The first-order valence-corrected chi connectivity index (χ1v) is 8.28. The molecule has 1 N–H and O–H groups in total. The Morgan fingerprint density at radius 1 is 1.25 bits per heavy atom. The number of nitrogens with one attached hydrogen (secondary N) is 1. The lowest BCUT2D eigenvalue weighted by molar-refractivity contribution is -0.865. The third-order valence-electron chi connectivity index (χ3n) is 3.07. The molecule has 0 heterocycles. The molecule has 0 fully saturated rings. The Bertz CT molecular complexity index is 506. The minimum absolute atomic E-state index is 0.466. The van der Waals surface area contributed by atoms with Gasteiger partial charge in [0.25, 0.3) is 0 Å². The van der Waals surface area contributed by atoms with Crippen LogP contribution < -0.4 is 4.90 Å². The van der Waals surface area contributed by atoms with Crippen LogP contribution in [0.4, 0.5) is 0 Å². The number of hydrogen-bond donors (Lipinski definition) is 1. The number of halogens is 1. The summed E-state index contributed by atoms with van der Waals surface area (Å²) in [6, 6.07) is 7.83. The molecule has 0 unspecified atom stereocenters. The van der Waals surface area contributed by atoms with Crippen LogP contribution >= 0.6 is 19.2 Å². The second kappa shape index (κ2) is 7.39. The van der Waals surface area contributed by atoms with Crippen molar-refractivity contribution in [3.63, 3.8) is 0 Å². The predicted molar refractivity (Wildman–Crippen MR) is 83.2 cm³/mol. The van der Waals surface area contributed by atoms with E-state index in [4.69, 9.17) is 20.6 Å². The highest BCUT2D eigenvalue weighted by atomic mass is 35.5. The third kappa shape index (κ3) is 4.18. The molecule has 0 aromatic heterocycles. The normalized spacial score (nSPS) is 14.7. The molecule has 0 aliphatic carbocycles. The van der Waals surface area contributed by atoms with E-state index in [0.29, 0.717) is 5.03 Å². The van der Waals surface area contributed by atoms with Crippen molar-refractivity contribution in [2.45, 2.75) is 12.7 Å².